The number of hydrogen-bond acceptors (Lipinski definition) is 6. The molecule has 1 aliphatic heterocycles. The normalized spacial score (nSPS) is 16.8. The van der Waals surface area contributed by atoms with Crippen LogP contribution in [-0.4, -0.2) is 37.3 Å². The van der Waals surface area contributed by atoms with Crippen molar-refractivity contribution >= 4 is 45.0 Å². The Morgan fingerprint density at radius 1 is 1.08 bits per heavy atom. The van der Waals surface area contributed by atoms with Gasteiger partial charge in [-0.05, 0) is 48.3 Å². The fourth-order valence-corrected chi connectivity index (χ4v) is 5.33. The second kappa shape index (κ2) is 8.07. The Morgan fingerprint density at radius 2 is 1.73 bits per heavy atom. The molecule has 9 heteroatoms. The lowest BCUT2D eigenvalue weighted by Gasteiger charge is -2.26. The molecule has 0 aromatic heterocycles. The summed E-state index contributed by atoms with van der Waals surface area (Å²) in [6.07, 6.45) is 0. The molecule has 1 aliphatic rings. The summed E-state index contributed by atoms with van der Waals surface area (Å²) < 4.78 is 31.0. The minimum absolute atomic E-state index is 0.123. The van der Waals surface area contributed by atoms with Gasteiger partial charge in [0.15, 0.2) is 9.84 Å². The number of ether oxygens (including phenoxy) is 1. The standard InChI is InChI=1S/C17H14Cl2N2O3S2/c18-13-8-14(19)10-15(9-13)24-16-2-1-12(11-20)7-17(16)25-21-3-5-26(22,23)6-4-21/h1-2,7-10H,3-6H2. The van der Waals surface area contributed by atoms with Crippen molar-refractivity contribution in [2.45, 2.75) is 4.90 Å². The first-order chi connectivity index (χ1) is 12.3. The Bertz CT molecular complexity index is 940. The number of halogens is 2. The van der Waals surface area contributed by atoms with Gasteiger partial charge in [-0.3, -0.25) is 0 Å². The van der Waals surface area contributed by atoms with Crippen LogP contribution in [0.25, 0.3) is 0 Å². The molecule has 0 saturated carbocycles. The quantitative estimate of drug-likeness (QED) is 0.672. The highest BCUT2D eigenvalue weighted by Crippen LogP contribution is 2.37. The molecule has 2 aromatic rings. The van der Waals surface area contributed by atoms with E-state index in [1.54, 1.807) is 36.4 Å². The zero-order valence-corrected chi connectivity index (χ0v) is 16.6. The average molecular weight is 429 g/mol. The van der Waals surface area contributed by atoms with Gasteiger partial charge in [-0.25, -0.2) is 12.7 Å². The molecule has 0 bridgehead atoms. The van der Waals surface area contributed by atoms with E-state index >= 15 is 0 Å². The molecule has 1 fully saturated rings. The van der Waals surface area contributed by atoms with Crippen molar-refractivity contribution in [2.24, 2.45) is 0 Å². The summed E-state index contributed by atoms with van der Waals surface area (Å²) in [7, 11) is -2.96. The maximum absolute atomic E-state index is 11.6. The third-order valence-electron chi connectivity index (χ3n) is 3.67. The van der Waals surface area contributed by atoms with Crippen molar-refractivity contribution in [3.8, 4) is 17.6 Å². The highest BCUT2D eigenvalue weighted by Gasteiger charge is 2.23. The van der Waals surface area contributed by atoms with Crippen LogP contribution >= 0.6 is 35.1 Å². The van der Waals surface area contributed by atoms with E-state index < -0.39 is 9.84 Å². The molecule has 0 radical (unpaired) electrons. The first-order valence-electron chi connectivity index (χ1n) is 7.66. The van der Waals surface area contributed by atoms with E-state index in [-0.39, 0.29) is 11.5 Å². The number of nitriles is 1. The monoisotopic (exact) mass is 428 g/mol. The molecule has 0 unspecified atom stereocenters. The molecule has 5 nitrogen and oxygen atoms in total. The molecule has 136 valence electrons. The van der Waals surface area contributed by atoms with Gasteiger partial charge >= 0.3 is 0 Å². The van der Waals surface area contributed by atoms with E-state index in [2.05, 4.69) is 6.07 Å². The van der Waals surface area contributed by atoms with Gasteiger partial charge in [0.25, 0.3) is 0 Å². The fourth-order valence-electron chi connectivity index (χ4n) is 2.37. The minimum atomic E-state index is -2.96. The zero-order chi connectivity index (χ0) is 18.7. The maximum Gasteiger partial charge on any atom is 0.152 e. The van der Waals surface area contributed by atoms with Gasteiger partial charge in [-0.15, -0.1) is 0 Å². The lowest BCUT2D eigenvalue weighted by molar-refractivity contribution is 0.465. The van der Waals surface area contributed by atoms with Gasteiger partial charge in [-0.1, -0.05) is 23.2 Å². The average Bonchev–Trinajstić information content (AvgIpc) is 2.57. The van der Waals surface area contributed by atoms with E-state index in [1.807, 2.05) is 4.31 Å². The highest BCUT2D eigenvalue weighted by atomic mass is 35.5. The zero-order valence-electron chi connectivity index (χ0n) is 13.5. The van der Waals surface area contributed by atoms with Crippen molar-refractivity contribution in [3.05, 3.63) is 52.0 Å². The summed E-state index contributed by atoms with van der Waals surface area (Å²) in [6, 6.07) is 12.1. The van der Waals surface area contributed by atoms with Crippen molar-refractivity contribution in [2.75, 3.05) is 24.6 Å². The Balaban J connectivity index is 1.85. The molecule has 3 rings (SSSR count). The van der Waals surface area contributed by atoms with Gasteiger partial charge in [0, 0.05) is 23.1 Å². The largest absolute Gasteiger partial charge is 0.456 e. The Kier molecular flexibility index (Phi) is 6.00. The first-order valence-corrected chi connectivity index (χ1v) is 11.0. The summed E-state index contributed by atoms with van der Waals surface area (Å²) in [5, 5.41) is 10.1. The van der Waals surface area contributed by atoms with Crippen molar-refractivity contribution in [3.63, 3.8) is 0 Å². The summed E-state index contributed by atoms with van der Waals surface area (Å²) in [4.78, 5) is 0.722. The Labute approximate surface area is 166 Å². The third kappa shape index (κ3) is 5.06. The molecule has 26 heavy (non-hydrogen) atoms. The van der Waals surface area contributed by atoms with E-state index in [0.29, 0.717) is 40.2 Å². The Hall–Kier alpha value is -1.43. The van der Waals surface area contributed by atoms with Crippen LogP contribution in [0, 0.1) is 11.3 Å². The molecule has 1 saturated heterocycles. The molecule has 0 atom stereocenters. The van der Waals surface area contributed by atoms with Crippen LogP contribution < -0.4 is 4.74 Å². The molecule has 2 aromatic carbocycles. The van der Waals surface area contributed by atoms with Gasteiger partial charge in [0.1, 0.15) is 11.5 Å². The Morgan fingerprint density at radius 3 is 2.35 bits per heavy atom. The van der Waals surface area contributed by atoms with Crippen LogP contribution in [0.1, 0.15) is 5.56 Å². The highest BCUT2D eigenvalue weighted by molar-refractivity contribution is 7.97. The van der Waals surface area contributed by atoms with Crippen LogP contribution in [0.3, 0.4) is 0 Å². The second-order valence-corrected chi connectivity index (χ2v) is 9.97. The second-order valence-electron chi connectivity index (χ2n) is 5.65. The van der Waals surface area contributed by atoms with Crippen LogP contribution in [0.5, 0.6) is 11.5 Å². The molecule has 1 heterocycles. The van der Waals surface area contributed by atoms with Gasteiger partial charge in [-0.2, -0.15) is 5.26 Å². The first kappa shape index (κ1) is 19.3. The van der Waals surface area contributed by atoms with Crippen molar-refractivity contribution in [1.82, 2.24) is 4.31 Å². The topological polar surface area (TPSA) is 70.4 Å². The van der Waals surface area contributed by atoms with E-state index in [9.17, 15) is 8.42 Å². The molecule has 0 aliphatic carbocycles. The van der Waals surface area contributed by atoms with Crippen LogP contribution in [-0.2, 0) is 9.84 Å². The summed E-state index contributed by atoms with van der Waals surface area (Å²) in [5.74, 6) is 1.27. The number of hydrogen-bond donors (Lipinski definition) is 0. The smallest absolute Gasteiger partial charge is 0.152 e. The molecular formula is C17H14Cl2N2O3S2. The SMILES string of the molecule is N#Cc1ccc(Oc2cc(Cl)cc(Cl)c2)c(SN2CCS(=O)(=O)CC2)c1. The van der Waals surface area contributed by atoms with Crippen LogP contribution in [0.4, 0.5) is 0 Å². The molecular weight excluding hydrogens is 415 g/mol. The predicted molar refractivity (Wildman–Crippen MR) is 104 cm³/mol. The third-order valence-corrected chi connectivity index (χ3v) is 6.85. The predicted octanol–water partition coefficient (Wildman–Crippen LogP) is 4.39. The number of rotatable bonds is 4. The number of sulfone groups is 1. The van der Waals surface area contributed by atoms with Gasteiger partial charge < -0.3 is 4.74 Å². The summed E-state index contributed by atoms with van der Waals surface area (Å²) in [6.45, 7) is 0.846. The van der Waals surface area contributed by atoms with E-state index in [4.69, 9.17) is 33.2 Å². The van der Waals surface area contributed by atoms with Gasteiger partial charge in [0.2, 0.25) is 0 Å². The number of benzene rings is 2. The molecule has 0 amide bonds. The molecule has 0 N–H and O–H groups in total. The lowest BCUT2D eigenvalue weighted by atomic mass is 10.2. The van der Waals surface area contributed by atoms with Crippen LogP contribution in [0.15, 0.2) is 41.3 Å². The maximum atomic E-state index is 11.6. The van der Waals surface area contributed by atoms with E-state index in [1.165, 1.54) is 11.9 Å². The fraction of sp³-hybridized carbons (Fsp3) is 0.235. The summed E-state index contributed by atoms with van der Waals surface area (Å²) >= 11 is 13.4. The van der Waals surface area contributed by atoms with Crippen molar-refractivity contribution < 1.29 is 13.2 Å². The minimum Gasteiger partial charge on any atom is -0.456 e. The summed E-state index contributed by atoms with van der Waals surface area (Å²) in [5.41, 5.74) is 0.494. The lowest BCUT2D eigenvalue weighted by Crippen LogP contribution is -2.36. The van der Waals surface area contributed by atoms with E-state index in [0.717, 1.165) is 4.90 Å². The van der Waals surface area contributed by atoms with Gasteiger partial charge in [0.05, 0.1) is 28.0 Å². The van der Waals surface area contributed by atoms with Crippen LogP contribution in [0.2, 0.25) is 10.0 Å². The number of nitrogens with zero attached hydrogens (tertiary/aromatic N) is 2. The van der Waals surface area contributed by atoms with Crippen molar-refractivity contribution in [1.29, 1.82) is 5.26 Å². The molecule has 0 spiro atoms.